The van der Waals surface area contributed by atoms with Crippen LogP contribution < -0.4 is 5.32 Å². The van der Waals surface area contributed by atoms with Gasteiger partial charge in [-0.1, -0.05) is 13.8 Å². The lowest BCUT2D eigenvalue weighted by atomic mass is 9.57. The van der Waals surface area contributed by atoms with Crippen LogP contribution in [0, 0.1) is 24.1 Å². The molecule has 1 aromatic rings. The molecule has 3 rings (SSSR count). The predicted octanol–water partition coefficient (Wildman–Crippen LogP) is 3.36. The Kier molecular flexibility index (Phi) is 2.63. The van der Waals surface area contributed by atoms with Gasteiger partial charge in [-0.05, 0) is 37.1 Å². The molecular weight excluding hydrogens is 229 g/mol. The largest absolute Gasteiger partial charge is 0.381 e. The maximum Gasteiger partial charge on any atom is 0.123 e. The van der Waals surface area contributed by atoms with E-state index in [0.717, 1.165) is 24.3 Å². The van der Waals surface area contributed by atoms with Gasteiger partial charge in [0.25, 0.3) is 0 Å². The number of halogens is 1. The first-order valence-corrected chi connectivity index (χ1v) is 6.64. The third kappa shape index (κ3) is 1.64. The molecular formula is C15H20FNO. The zero-order chi connectivity index (χ0) is 12.9. The van der Waals surface area contributed by atoms with Crippen molar-refractivity contribution in [2.45, 2.75) is 39.3 Å². The molecule has 2 nitrogen and oxygen atoms in total. The van der Waals surface area contributed by atoms with Gasteiger partial charge in [0.05, 0.1) is 6.10 Å². The summed E-state index contributed by atoms with van der Waals surface area (Å²) in [6.45, 7) is 7.31. The fourth-order valence-electron chi connectivity index (χ4n) is 3.57. The van der Waals surface area contributed by atoms with Crippen LogP contribution in [0.1, 0.15) is 25.8 Å². The van der Waals surface area contributed by atoms with Crippen molar-refractivity contribution in [2.24, 2.45) is 11.3 Å². The van der Waals surface area contributed by atoms with Gasteiger partial charge in [-0.25, -0.2) is 4.39 Å². The molecule has 1 aromatic carbocycles. The molecule has 1 aliphatic heterocycles. The Hall–Kier alpha value is -1.09. The maximum absolute atomic E-state index is 13.1. The first-order chi connectivity index (χ1) is 8.50. The van der Waals surface area contributed by atoms with E-state index >= 15 is 0 Å². The van der Waals surface area contributed by atoms with Gasteiger partial charge < -0.3 is 10.1 Å². The van der Waals surface area contributed by atoms with Gasteiger partial charge in [-0.3, -0.25) is 0 Å². The van der Waals surface area contributed by atoms with Gasteiger partial charge >= 0.3 is 0 Å². The maximum atomic E-state index is 13.1. The second kappa shape index (κ2) is 3.95. The zero-order valence-electron chi connectivity index (χ0n) is 11.2. The number of fused-ring (bicyclic) bond motifs is 1. The van der Waals surface area contributed by atoms with Crippen LogP contribution in [-0.4, -0.2) is 18.8 Å². The summed E-state index contributed by atoms with van der Waals surface area (Å²) in [4.78, 5) is 0. The van der Waals surface area contributed by atoms with Crippen LogP contribution in [0.4, 0.5) is 10.1 Å². The van der Waals surface area contributed by atoms with E-state index in [1.807, 2.05) is 13.0 Å². The quantitative estimate of drug-likeness (QED) is 0.867. The Labute approximate surface area is 108 Å². The smallest absolute Gasteiger partial charge is 0.123 e. The van der Waals surface area contributed by atoms with Crippen molar-refractivity contribution in [3.05, 3.63) is 29.6 Å². The van der Waals surface area contributed by atoms with Gasteiger partial charge in [-0.15, -0.1) is 0 Å². The SMILES string of the molecule is Cc1cc(F)ccc1NC1C2CCOC2C1(C)C. The van der Waals surface area contributed by atoms with Crippen molar-refractivity contribution in [1.82, 2.24) is 0 Å². The topological polar surface area (TPSA) is 21.3 Å². The van der Waals surface area contributed by atoms with Gasteiger partial charge in [0.1, 0.15) is 5.82 Å². The molecule has 0 bridgehead atoms. The summed E-state index contributed by atoms with van der Waals surface area (Å²) in [5, 5.41) is 3.59. The number of benzene rings is 1. The fraction of sp³-hybridized carbons (Fsp3) is 0.600. The summed E-state index contributed by atoms with van der Waals surface area (Å²) in [7, 11) is 0. The van der Waals surface area contributed by atoms with Gasteiger partial charge in [0, 0.05) is 29.7 Å². The first kappa shape index (κ1) is 12.0. The normalized spacial score (nSPS) is 32.8. The van der Waals surface area contributed by atoms with E-state index in [1.165, 1.54) is 6.07 Å². The van der Waals surface area contributed by atoms with Gasteiger partial charge in [-0.2, -0.15) is 0 Å². The van der Waals surface area contributed by atoms with Gasteiger partial charge in [0.15, 0.2) is 0 Å². The van der Waals surface area contributed by atoms with E-state index in [9.17, 15) is 4.39 Å². The number of aryl methyl sites for hydroxylation is 1. The summed E-state index contributed by atoms with van der Waals surface area (Å²) in [6, 6.07) is 5.36. The second-order valence-electron chi connectivity index (χ2n) is 6.15. The van der Waals surface area contributed by atoms with Crippen molar-refractivity contribution in [1.29, 1.82) is 0 Å². The van der Waals surface area contributed by atoms with Crippen LogP contribution in [0.2, 0.25) is 0 Å². The van der Waals surface area contributed by atoms with Crippen molar-refractivity contribution in [2.75, 3.05) is 11.9 Å². The van der Waals surface area contributed by atoms with Crippen LogP contribution in [0.5, 0.6) is 0 Å². The number of rotatable bonds is 2. The highest BCUT2D eigenvalue weighted by molar-refractivity contribution is 5.52. The van der Waals surface area contributed by atoms with Crippen LogP contribution >= 0.6 is 0 Å². The van der Waals surface area contributed by atoms with E-state index < -0.39 is 0 Å². The Bertz CT molecular complexity index is 472. The van der Waals surface area contributed by atoms with Crippen LogP contribution in [0.15, 0.2) is 18.2 Å². The molecule has 0 amide bonds. The van der Waals surface area contributed by atoms with E-state index in [4.69, 9.17) is 4.74 Å². The Morgan fingerprint density at radius 1 is 1.39 bits per heavy atom. The summed E-state index contributed by atoms with van der Waals surface area (Å²) in [5.41, 5.74) is 2.16. The zero-order valence-corrected chi connectivity index (χ0v) is 11.2. The summed E-state index contributed by atoms with van der Waals surface area (Å²) < 4.78 is 18.9. The molecule has 1 saturated carbocycles. The average Bonchev–Trinajstić information content (AvgIpc) is 2.74. The minimum Gasteiger partial charge on any atom is -0.381 e. The molecule has 0 radical (unpaired) electrons. The molecule has 1 aliphatic carbocycles. The highest BCUT2D eigenvalue weighted by Crippen LogP contribution is 2.53. The highest BCUT2D eigenvalue weighted by atomic mass is 19.1. The van der Waals surface area contributed by atoms with Crippen molar-refractivity contribution >= 4 is 5.69 Å². The number of anilines is 1. The molecule has 1 saturated heterocycles. The minimum atomic E-state index is -0.173. The number of hydrogen-bond acceptors (Lipinski definition) is 2. The van der Waals surface area contributed by atoms with E-state index in [2.05, 4.69) is 19.2 Å². The van der Waals surface area contributed by atoms with E-state index in [-0.39, 0.29) is 11.2 Å². The molecule has 1 heterocycles. The number of nitrogens with one attached hydrogen (secondary N) is 1. The molecule has 98 valence electrons. The second-order valence-corrected chi connectivity index (χ2v) is 6.15. The summed E-state index contributed by atoms with van der Waals surface area (Å²) >= 11 is 0. The van der Waals surface area contributed by atoms with Crippen LogP contribution in [0.25, 0.3) is 0 Å². The predicted molar refractivity (Wildman–Crippen MR) is 70.2 cm³/mol. The van der Waals surface area contributed by atoms with Crippen molar-refractivity contribution in [3.63, 3.8) is 0 Å². The molecule has 0 spiro atoms. The molecule has 3 atom stereocenters. The summed E-state index contributed by atoms with van der Waals surface area (Å²) in [5.74, 6) is 0.428. The average molecular weight is 249 g/mol. The van der Waals surface area contributed by atoms with E-state index in [1.54, 1.807) is 6.07 Å². The molecule has 0 aromatic heterocycles. The first-order valence-electron chi connectivity index (χ1n) is 6.64. The Morgan fingerprint density at radius 2 is 2.17 bits per heavy atom. The monoisotopic (exact) mass is 249 g/mol. The lowest BCUT2D eigenvalue weighted by Crippen LogP contribution is -2.63. The highest BCUT2D eigenvalue weighted by Gasteiger charge is 2.59. The third-order valence-electron chi connectivity index (χ3n) is 4.60. The lowest BCUT2D eigenvalue weighted by molar-refractivity contribution is -0.0923. The fourth-order valence-corrected chi connectivity index (χ4v) is 3.57. The molecule has 1 N–H and O–H groups in total. The number of hydrogen-bond donors (Lipinski definition) is 1. The van der Waals surface area contributed by atoms with Crippen LogP contribution in [-0.2, 0) is 4.74 Å². The molecule has 2 fully saturated rings. The molecule has 2 aliphatic rings. The lowest BCUT2D eigenvalue weighted by Gasteiger charge is -2.55. The molecule has 18 heavy (non-hydrogen) atoms. The standard InChI is InChI=1S/C15H20FNO/c1-9-8-10(16)4-5-12(9)17-13-11-6-7-18-14(11)15(13,2)3/h4-5,8,11,13-14,17H,6-7H2,1-3H3. The number of ether oxygens (including phenoxy) is 1. The van der Waals surface area contributed by atoms with E-state index in [0.29, 0.717) is 18.1 Å². The Balaban J connectivity index is 1.80. The van der Waals surface area contributed by atoms with Crippen molar-refractivity contribution < 1.29 is 9.13 Å². The third-order valence-corrected chi connectivity index (χ3v) is 4.60. The minimum absolute atomic E-state index is 0.155. The van der Waals surface area contributed by atoms with Gasteiger partial charge in [0.2, 0.25) is 0 Å². The Morgan fingerprint density at radius 3 is 2.89 bits per heavy atom. The summed E-state index contributed by atoms with van der Waals surface area (Å²) in [6.07, 6.45) is 1.52. The molecule has 3 unspecified atom stereocenters. The van der Waals surface area contributed by atoms with Crippen LogP contribution in [0.3, 0.4) is 0 Å². The van der Waals surface area contributed by atoms with Crippen molar-refractivity contribution in [3.8, 4) is 0 Å². The molecule has 3 heteroatoms.